The molecule has 2 heterocycles. The first-order valence-corrected chi connectivity index (χ1v) is 6.23. The summed E-state index contributed by atoms with van der Waals surface area (Å²) in [7, 11) is 0. The van der Waals surface area contributed by atoms with E-state index in [0.29, 0.717) is 34.0 Å². The molecule has 0 aliphatic carbocycles. The Morgan fingerprint density at radius 2 is 1.89 bits per heavy atom. The Bertz CT molecular complexity index is 692. The second-order valence-electron chi connectivity index (χ2n) is 3.91. The molecule has 0 unspecified atom stereocenters. The SMILES string of the molecule is Nc1nc(Cc2ccccc2)nc2[nH]c(Br)nc12. The fourth-order valence-corrected chi connectivity index (χ4v) is 2.16. The Morgan fingerprint density at radius 3 is 2.67 bits per heavy atom. The average molecular weight is 304 g/mol. The fourth-order valence-electron chi connectivity index (χ4n) is 1.80. The highest BCUT2D eigenvalue weighted by molar-refractivity contribution is 9.10. The summed E-state index contributed by atoms with van der Waals surface area (Å²) >= 11 is 3.26. The first-order chi connectivity index (χ1) is 8.72. The summed E-state index contributed by atoms with van der Waals surface area (Å²) in [5.74, 6) is 1.08. The summed E-state index contributed by atoms with van der Waals surface area (Å²) in [6.45, 7) is 0. The van der Waals surface area contributed by atoms with E-state index >= 15 is 0 Å². The molecule has 0 saturated heterocycles. The van der Waals surface area contributed by atoms with Crippen molar-refractivity contribution in [2.45, 2.75) is 6.42 Å². The van der Waals surface area contributed by atoms with Crippen LogP contribution in [0.3, 0.4) is 0 Å². The number of imidazole rings is 1. The topological polar surface area (TPSA) is 80.5 Å². The molecule has 6 heteroatoms. The van der Waals surface area contributed by atoms with Gasteiger partial charge in [-0.05, 0) is 21.5 Å². The number of nitrogen functional groups attached to an aromatic ring is 1. The molecular formula is C12H10BrN5. The van der Waals surface area contributed by atoms with Crippen LogP contribution in [0.1, 0.15) is 11.4 Å². The van der Waals surface area contributed by atoms with Gasteiger partial charge in [0, 0.05) is 6.42 Å². The molecule has 0 fully saturated rings. The number of nitrogens with one attached hydrogen (secondary N) is 1. The Kier molecular flexibility index (Phi) is 2.71. The normalized spacial score (nSPS) is 10.9. The molecule has 0 spiro atoms. The lowest BCUT2D eigenvalue weighted by Crippen LogP contribution is -2.01. The van der Waals surface area contributed by atoms with Gasteiger partial charge in [0.2, 0.25) is 0 Å². The first-order valence-electron chi connectivity index (χ1n) is 5.44. The molecule has 1 aromatic carbocycles. The van der Waals surface area contributed by atoms with Gasteiger partial charge in [-0.3, -0.25) is 0 Å². The van der Waals surface area contributed by atoms with Crippen molar-refractivity contribution in [1.82, 2.24) is 19.9 Å². The molecule has 0 bridgehead atoms. The van der Waals surface area contributed by atoms with Crippen molar-refractivity contribution in [3.8, 4) is 0 Å². The Balaban J connectivity index is 2.02. The number of aromatic nitrogens is 4. The molecule has 0 aliphatic rings. The highest BCUT2D eigenvalue weighted by atomic mass is 79.9. The van der Waals surface area contributed by atoms with Crippen LogP contribution >= 0.6 is 15.9 Å². The quantitative estimate of drug-likeness (QED) is 0.712. The molecule has 90 valence electrons. The zero-order valence-corrected chi connectivity index (χ0v) is 11.0. The Hall–Kier alpha value is -1.95. The maximum absolute atomic E-state index is 5.87. The molecule has 0 saturated carbocycles. The molecule has 3 rings (SSSR count). The van der Waals surface area contributed by atoms with Crippen molar-refractivity contribution in [2.75, 3.05) is 5.73 Å². The molecule has 0 radical (unpaired) electrons. The molecule has 3 aromatic rings. The summed E-state index contributed by atoms with van der Waals surface area (Å²) in [5, 5.41) is 0. The summed E-state index contributed by atoms with van der Waals surface area (Å²) < 4.78 is 0.607. The van der Waals surface area contributed by atoms with E-state index in [0.717, 1.165) is 5.56 Å². The van der Waals surface area contributed by atoms with E-state index in [-0.39, 0.29) is 0 Å². The van der Waals surface area contributed by atoms with Crippen LogP contribution in [0.25, 0.3) is 11.2 Å². The van der Waals surface area contributed by atoms with Crippen molar-refractivity contribution in [3.63, 3.8) is 0 Å². The first kappa shape index (κ1) is 11.2. The van der Waals surface area contributed by atoms with Crippen LogP contribution in [0.4, 0.5) is 5.82 Å². The standard InChI is InChI=1S/C12H10BrN5/c13-12-17-9-10(14)15-8(16-11(9)18-12)6-7-4-2-1-3-5-7/h1-5H,6H2,(H3,14,15,16,17,18). The van der Waals surface area contributed by atoms with Crippen LogP contribution in [0.5, 0.6) is 0 Å². The predicted molar refractivity (Wildman–Crippen MR) is 73.0 cm³/mol. The third-order valence-electron chi connectivity index (χ3n) is 2.59. The average Bonchev–Trinajstić information content (AvgIpc) is 2.72. The van der Waals surface area contributed by atoms with Gasteiger partial charge < -0.3 is 10.7 Å². The van der Waals surface area contributed by atoms with Gasteiger partial charge in [-0.15, -0.1) is 0 Å². The van der Waals surface area contributed by atoms with E-state index in [1.807, 2.05) is 30.3 Å². The molecule has 0 amide bonds. The molecular weight excluding hydrogens is 294 g/mol. The predicted octanol–water partition coefficient (Wildman–Crippen LogP) is 2.29. The van der Waals surface area contributed by atoms with E-state index in [1.165, 1.54) is 0 Å². The summed E-state index contributed by atoms with van der Waals surface area (Å²) in [4.78, 5) is 15.9. The lowest BCUT2D eigenvalue weighted by molar-refractivity contribution is 0.991. The van der Waals surface area contributed by atoms with Crippen LogP contribution in [-0.2, 0) is 6.42 Å². The minimum Gasteiger partial charge on any atom is -0.382 e. The van der Waals surface area contributed by atoms with Gasteiger partial charge in [-0.2, -0.15) is 0 Å². The molecule has 2 aromatic heterocycles. The van der Waals surface area contributed by atoms with Gasteiger partial charge in [0.05, 0.1) is 0 Å². The van der Waals surface area contributed by atoms with Crippen LogP contribution in [-0.4, -0.2) is 19.9 Å². The van der Waals surface area contributed by atoms with Gasteiger partial charge in [0.1, 0.15) is 5.82 Å². The van der Waals surface area contributed by atoms with E-state index in [4.69, 9.17) is 5.73 Å². The second-order valence-corrected chi connectivity index (χ2v) is 4.66. The van der Waals surface area contributed by atoms with E-state index in [2.05, 4.69) is 35.9 Å². The number of fused-ring (bicyclic) bond motifs is 1. The number of anilines is 1. The monoisotopic (exact) mass is 303 g/mol. The van der Waals surface area contributed by atoms with Gasteiger partial charge in [0.15, 0.2) is 21.7 Å². The largest absolute Gasteiger partial charge is 0.382 e. The van der Waals surface area contributed by atoms with Gasteiger partial charge in [0.25, 0.3) is 0 Å². The molecule has 18 heavy (non-hydrogen) atoms. The van der Waals surface area contributed by atoms with Crippen LogP contribution < -0.4 is 5.73 Å². The van der Waals surface area contributed by atoms with E-state index < -0.39 is 0 Å². The molecule has 0 atom stereocenters. The number of H-pyrrole nitrogens is 1. The number of halogens is 1. The number of rotatable bonds is 2. The van der Waals surface area contributed by atoms with Crippen molar-refractivity contribution in [1.29, 1.82) is 0 Å². The smallest absolute Gasteiger partial charge is 0.176 e. The minimum atomic E-state index is 0.396. The van der Waals surface area contributed by atoms with Crippen molar-refractivity contribution in [2.24, 2.45) is 0 Å². The number of aromatic amines is 1. The third kappa shape index (κ3) is 2.06. The van der Waals surface area contributed by atoms with Crippen molar-refractivity contribution in [3.05, 3.63) is 46.5 Å². The third-order valence-corrected chi connectivity index (χ3v) is 2.97. The molecule has 0 aliphatic heterocycles. The van der Waals surface area contributed by atoms with Crippen LogP contribution in [0.2, 0.25) is 0 Å². The molecule has 3 N–H and O–H groups in total. The second kappa shape index (κ2) is 4.38. The summed E-state index contributed by atoms with van der Waals surface area (Å²) in [5.41, 5.74) is 8.27. The van der Waals surface area contributed by atoms with Crippen LogP contribution in [0.15, 0.2) is 35.1 Å². The summed E-state index contributed by atoms with van der Waals surface area (Å²) in [6.07, 6.45) is 0.650. The lowest BCUT2D eigenvalue weighted by Gasteiger charge is -2.01. The van der Waals surface area contributed by atoms with Crippen LogP contribution in [0, 0.1) is 0 Å². The number of benzene rings is 1. The summed E-state index contributed by atoms with van der Waals surface area (Å²) in [6, 6.07) is 10.0. The molecule has 5 nitrogen and oxygen atoms in total. The number of nitrogens with two attached hydrogens (primary N) is 1. The maximum atomic E-state index is 5.87. The number of nitrogens with zero attached hydrogens (tertiary/aromatic N) is 3. The Labute approximate surface area is 112 Å². The Morgan fingerprint density at radius 1 is 1.11 bits per heavy atom. The fraction of sp³-hybridized carbons (Fsp3) is 0.0833. The van der Waals surface area contributed by atoms with E-state index in [1.54, 1.807) is 0 Å². The highest BCUT2D eigenvalue weighted by Gasteiger charge is 2.09. The van der Waals surface area contributed by atoms with Gasteiger partial charge in [-0.1, -0.05) is 30.3 Å². The lowest BCUT2D eigenvalue weighted by atomic mass is 10.1. The number of hydrogen-bond donors (Lipinski definition) is 2. The van der Waals surface area contributed by atoms with Crippen molar-refractivity contribution >= 4 is 32.9 Å². The zero-order valence-electron chi connectivity index (χ0n) is 9.39. The van der Waals surface area contributed by atoms with Crippen molar-refractivity contribution < 1.29 is 0 Å². The minimum absolute atomic E-state index is 0.396. The number of hydrogen-bond acceptors (Lipinski definition) is 4. The maximum Gasteiger partial charge on any atom is 0.176 e. The highest BCUT2D eigenvalue weighted by Crippen LogP contribution is 2.18. The van der Waals surface area contributed by atoms with E-state index in [9.17, 15) is 0 Å². The van der Waals surface area contributed by atoms with Gasteiger partial charge >= 0.3 is 0 Å². The zero-order chi connectivity index (χ0) is 12.5. The van der Waals surface area contributed by atoms with Gasteiger partial charge in [-0.25, -0.2) is 15.0 Å².